The van der Waals surface area contributed by atoms with Crippen LogP contribution in [0.1, 0.15) is 32.1 Å². The molecule has 1 aliphatic carbocycles. The lowest BCUT2D eigenvalue weighted by atomic mass is 9.79. The van der Waals surface area contributed by atoms with Gasteiger partial charge in [-0.1, -0.05) is 6.42 Å². The second-order valence-corrected chi connectivity index (χ2v) is 4.16. The second kappa shape index (κ2) is 3.56. The Morgan fingerprint density at radius 1 is 1.33 bits per heavy atom. The molecule has 0 aromatic heterocycles. The zero-order chi connectivity index (χ0) is 8.39. The summed E-state index contributed by atoms with van der Waals surface area (Å²) in [6, 6.07) is 0. The molecule has 2 nitrogen and oxygen atoms in total. The molecule has 68 valence electrons. The van der Waals surface area contributed by atoms with Crippen LogP contribution in [0.25, 0.3) is 0 Å². The number of hydrogen-bond donors (Lipinski definition) is 1. The van der Waals surface area contributed by atoms with E-state index in [4.69, 9.17) is 0 Å². The van der Waals surface area contributed by atoms with Crippen LogP contribution in [0.4, 0.5) is 0 Å². The second-order valence-electron chi connectivity index (χ2n) is 4.16. The number of Topliss-reactive ketones (excluding diaryl/α,β-unsaturated/α-hetero) is 1. The van der Waals surface area contributed by atoms with E-state index in [9.17, 15) is 4.79 Å². The molecule has 1 saturated carbocycles. The van der Waals surface area contributed by atoms with Crippen molar-refractivity contribution < 1.29 is 4.79 Å². The van der Waals surface area contributed by atoms with Crippen LogP contribution in [0, 0.1) is 11.8 Å². The Bertz CT molecular complexity index is 169. The standard InChI is InChI=1S/C10H17NO/c12-10(9-2-1-3-9)6-8-4-5-11-7-8/h8-9,11H,1-7H2. The van der Waals surface area contributed by atoms with E-state index < -0.39 is 0 Å². The van der Waals surface area contributed by atoms with Gasteiger partial charge in [0.2, 0.25) is 0 Å². The first-order valence-electron chi connectivity index (χ1n) is 5.09. The van der Waals surface area contributed by atoms with Gasteiger partial charge < -0.3 is 5.32 Å². The number of ketones is 1. The summed E-state index contributed by atoms with van der Waals surface area (Å²) in [6.45, 7) is 2.18. The van der Waals surface area contributed by atoms with Crippen LogP contribution in [0.5, 0.6) is 0 Å². The number of carbonyl (C=O) groups is 1. The molecule has 1 N–H and O–H groups in total. The van der Waals surface area contributed by atoms with Crippen molar-refractivity contribution in [1.82, 2.24) is 5.32 Å². The third-order valence-corrected chi connectivity index (χ3v) is 3.21. The van der Waals surface area contributed by atoms with Crippen molar-refractivity contribution in [3.05, 3.63) is 0 Å². The molecule has 1 unspecified atom stereocenters. The molecule has 2 aliphatic rings. The Balaban J connectivity index is 1.73. The van der Waals surface area contributed by atoms with Gasteiger partial charge in [-0.05, 0) is 38.3 Å². The van der Waals surface area contributed by atoms with Crippen molar-refractivity contribution in [3.63, 3.8) is 0 Å². The quantitative estimate of drug-likeness (QED) is 0.687. The van der Waals surface area contributed by atoms with E-state index in [1.54, 1.807) is 0 Å². The van der Waals surface area contributed by atoms with Gasteiger partial charge in [0.05, 0.1) is 0 Å². The normalized spacial score (nSPS) is 30.2. The maximum atomic E-state index is 11.6. The van der Waals surface area contributed by atoms with E-state index in [1.165, 1.54) is 25.7 Å². The highest BCUT2D eigenvalue weighted by molar-refractivity contribution is 5.81. The highest BCUT2D eigenvalue weighted by atomic mass is 16.1. The maximum Gasteiger partial charge on any atom is 0.136 e. The van der Waals surface area contributed by atoms with Crippen LogP contribution < -0.4 is 5.32 Å². The van der Waals surface area contributed by atoms with Gasteiger partial charge in [-0.2, -0.15) is 0 Å². The summed E-state index contributed by atoms with van der Waals surface area (Å²) in [5, 5.41) is 3.30. The fourth-order valence-corrected chi connectivity index (χ4v) is 2.07. The lowest BCUT2D eigenvalue weighted by Gasteiger charge is -2.24. The number of carbonyl (C=O) groups excluding carboxylic acids is 1. The van der Waals surface area contributed by atoms with Gasteiger partial charge >= 0.3 is 0 Å². The fraction of sp³-hybridized carbons (Fsp3) is 0.900. The highest BCUT2D eigenvalue weighted by Gasteiger charge is 2.27. The van der Waals surface area contributed by atoms with Gasteiger partial charge in [-0.25, -0.2) is 0 Å². The predicted molar refractivity (Wildman–Crippen MR) is 47.9 cm³/mol. The Morgan fingerprint density at radius 2 is 2.17 bits per heavy atom. The van der Waals surface area contributed by atoms with Crippen molar-refractivity contribution in [2.45, 2.75) is 32.1 Å². The van der Waals surface area contributed by atoms with E-state index in [-0.39, 0.29) is 0 Å². The minimum absolute atomic E-state index is 0.450. The minimum Gasteiger partial charge on any atom is -0.316 e. The number of nitrogens with one attached hydrogen (secondary N) is 1. The third kappa shape index (κ3) is 1.69. The SMILES string of the molecule is O=C(CC1CCNC1)C1CCC1. The van der Waals surface area contributed by atoms with Gasteiger partial charge in [0.1, 0.15) is 5.78 Å². The summed E-state index contributed by atoms with van der Waals surface area (Å²) in [7, 11) is 0. The van der Waals surface area contributed by atoms with Gasteiger partial charge in [0.25, 0.3) is 0 Å². The first-order valence-corrected chi connectivity index (χ1v) is 5.09. The molecule has 2 rings (SSSR count). The zero-order valence-electron chi connectivity index (χ0n) is 7.51. The van der Waals surface area contributed by atoms with Crippen molar-refractivity contribution in [2.75, 3.05) is 13.1 Å². The Labute approximate surface area is 73.7 Å². The summed E-state index contributed by atoms with van der Waals surface area (Å²) >= 11 is 0. The summed E-state index contributed by atoms with van der Waals surface area (Å²) in [4.78, 5) is 11.6. The molecule has 1 atom stereocenters. The average molecular weight is 167 g/mol. The van der Waals surface area contributed by atoms with Gasteiger partial charge in [-0.3, -0.25) is 4.79 Å². The molecule has 0 amide bonds. The average Bonchev–Trinajstić information content (AvgIpc) is 2.34. The van der Waals surface area contributed by atoms with Crippen molar-refractivity contribution in [2.24, 2.45) is 11.8 Å². The Morgan fingerprint density at radius 3 is 2.67 bits per heavy atom. The molecule has 1 heterocycles. The van der Waals surface area contributed by atoms with E-state index in [0.717, 1.165) is 19.5 Å². The summed E-state index contributed by atoms with van der Waals surface area (Å²) in [5.41, 5.74) is 0. The minimum atomic E-state index is 0.450. The first kappa shape index (κ1) is 8.24. The van der Waals surface area contributed by atoms with Crippen LogP contribution >= 0.6 is 0 Å². The lowest BCUT2D eigenvalue weighted by Crippen LogP contribution is -2.24. The molecule has 0 spiro atoms. The number of rotatable bonds is 3. The molecule has 0 aromatic rings. The van der Waals surface area contributed by atoms with Gasteiger partial charge in [0.15, 0.2) is 0 Å². The molecule has 0 aromatic carbocycles. The van der Waals surface area contributed by atoms with E-state index in [2.05, 4.69) is 5.32 Å². The molecule has 2 fully saturated rings. The molecule has 2 heteroatoms. The van der Waals surface area contributed by atoms with Crippen molar-refractivity contribution in [1.29, 1.82) is 0 Å². The smallest absolute Gasteiger partial charge is 0.136 e. The van der Waals surface area contributed by atoms with Crippen LogP contribution in [0.15, 0.2) is 0 Å². The van der Waals surface area contributed by atoms with E-state index in [0.29, 0.717) is 17.6 Å². The molecular weight excluding hydrogens is 150 g/mol. The largest absolute Gasteiger partial charge is 0.316 e. The van der Waals surface area contributed by atoms with Crippen LogP contribution in [0.3, 0.4) is 0 Å². The highest BCUT2D eigenvalue weighted by Crippen LogP contribution is 2.29. The van der Waals surface area contributed by atoms with Gasteiger partial charge in [0, 0.05) is 12.3 Å². The van der Waals surface area contributed by atoms with E-state index in [1.807, 2.05) is 0 Å². The first-order chi connectivity index (χ1) is 5.86. The van der Waals surface area contributed by atoms with Crippen LogP contribution in [-0.4, -0.2) is 18.9 Å². The van der Waals surface area contributed by atoms with Gasteiger partial charge in [-0.15, -0.1) is 0 Å². The fourth-order valence-electron chi connectivity index (χ4n) is 2.07. The predicted octanol–water partition coefficient (Wildman–Crippen LogP) is 1.36. The molecular formula is C10H17NO. The summed E-state index contributed by atoms with van der Waals surface area (Å²) < 4.78 is 0. The third-order valence-electron chi connectivity index (χ3n) is 3.21. The maximum absolute atomic E-state index is 11.6. The Kier molecular flexibility index (Phi) is 2.45. The lowest BCUT2D eigenvalue weighted by molar-refractivity contribution is -0.126. The van der Waals surface area contributed by atoms with Crippen LogP contribution in [0.2, 0.25) is 0 Å². The zero-order valence-corrected chi connectivity index (χ0v) is 7.51. The summed E-state index contributed by atoms with van der Waals surface area (Å²) in [6.07, 6.45) is 5.66. The molecule has 0 radical (unpaired) electrons. The monoisotopic (exact) mass is 167 g/mol. The molecule has 1 aliphatic heterocycles. The Hall–Kier alpha value is -0.370. The molecule has 0 bridgehead atoms. The summed E-state index contributed by atoms with van der Waals surface area (Å²) in [5.74, 6) is 1.64. The van der Waals surface area contributed by atoms with Crippen molar-refractivity contribution in [3.8, 4) is 0 Å². The van der Waals surface area contributed by atoms with Crippen LogP contribution in [-0.2, 0) is 4.79 Å². The van der Waals surface area contributed by atoms with Crippen molar-refractivity contribution >= 4 is 5.78 Å². The molecule has 12 heavy (non-hydrogen) atoms. The van der Waals surface area contributed by atoms with E-state index >= 15 is 0 Å². The molecule has 1 saturated heterocycles. The topological polar surface area (TPSA) is 29.1 Å². The number of hydrogen-bond acceptors (Lipinski definition) is 2.